The summed E-state index contributed by atoms with van der Waals surface area (Å²) < 4.78 is 10.8. The first-order valence-electron chi connectivity index (χ1n) is 10.2. The molecule has 2 aromatic carbocycles. The lowest BCUT2D eigenvalue weighted by Gasteiger charge is -2.14. The highest BCUT2D eigenvalue weighted by Crippen LogP contribution is 2.38. The number of esters is 1. The summed E-state index contributed by atoms with van der Waals surface area (Å²) in [6.45, 7) is 2.99. The third kappa shape index (κ3) is 6.00. The van der Waals surface area contributed by atoms with Gasteiger partial charge in [0.15, 0.2) is 0 Å². The van der Waals surface area contributed by atoms with Crippen molar-refractivity contribution in [2.24, 2.45) is 0 Å². The summed E-state index contributed by atoms with van der Waals surface area (Å²) in [6.07, 6.45) is 1.58. The van der Waals surface area contributed by atoms with E-state index in [1.54, 1.807) is 25.1 Å². The van der Waals surface area contributed by atoms with E-state index in [1.807, 2.05) is 6.92 Å². The zero-order valence-corrected chi connectivity index (χ0v) is 19.4. The lowest BCUT2D eigenvalue weighted by Crippen LogP contribution is -2.35. The van der Waals surface area contributed by atoms with Crippen LogP contribution in [-0.4, -0.2) is 44.5 Å². The smallest absolute Gasteiger partial charge is 0.326 e. The molecule has 1 heterocycles. The molecule has 0 aliphatic carbocycles. The van der Waals surface area contributed by atoms with Gasteiger partial charge >= 0.3 is 11.7 Å². The normalized spacial score (nSPS) is 15.3. The number of carbonyl (C=O) groups excluding carboxylic acids is 3. The average molecular weight is 501 g/mol. The van der Waals surface area contributed by atoms with Gasteiger partial charge in [0.25, 0.3) is 16.8 Å². The number of nitro groups is 2. The molecule has 0 saturated carbocycles. The molecular weight excluding hydrogens is 482 g/mol. The number of imide groups is 1. The van der Waals surface area contributed by atoms with Gasteiger partial charge in [-0.05, 0) is 43.3 Å². The lowest BCUT2D eigenvalue weighted by atomic mass is 10.1. The topological polar surface area (TPSA) is 159 Å². The van der Waals surface area contributed by atoms with Crippen molar-refractivity contribution in [2.45, 2.75) is 26.4 Å². The number of benzene rings is 2. The number of amides is 2. The number of hydrogen-bond donors (Lipinski definition) is 0. The van der Waals surface area contributed by atoms with Crippen LogP contribution in [0.1, 0.15) is 25.8 Å². The molecule has 1 saturated heterocycles. The highest BCUT2D eigenvalue weighted by atomic mass is 32.2. The van der Waals surface area contributed by atoms with E-state index in [9.17, 15) is 34.6 Å². The molecule has 1 fully saturated rings. The van der Waals surface area contributed by atoms with Crippen molar-refractivity contribution in [2.75, 3.05) is 6.54 Å². The summed E-state index contributed by atoms with van der Waals surface area (Å²) in [5.41, 5.74) is -0.778. The maximum absolute atomic E-state index is 12.7. The fraction of sp³-hybridized carbons (Fsp3) is 0.227. The number of carbonyl (C=O) groups is 3. The van der Waals surface area contributed by atoms with Gasteiger partial charge in [-0.25, -0.2) is 0 Å². The van der Waals surface area contributed by atoms with E-state index < -0.39 is 44.9 Å². The van der Waals surface area contributed by atoms with Crippen LogP contribution in [0.2, 0.25) is 0 Å². The SMILES string of the molecule is CC[C@H](C)OC(=O)CN1C(=O)S/C(=C/c2ccccc2Oc2ccc([N+](=O)[O-])cc2[N+](=O)[O-])C1=O. The summed E-state index contributed by atoms with van der Waals surface area (Å²) in [5.74, 6) is -1.55. The molecule has 1 atom stereocenters. The highest BCUT2D eigenvalue weighted by Gasteiger charge is 2.37. The van der Waals surface area contributed by atoms with E-state index in [4.69, 9.17) is 9.47 Å². The number of non-ortho nitro benzene ring substituents is 1. The number of nitrogens with zero attached hydrogens (tertiary/aromatic N) is 3. The van der Waals surface area contributed by atoms with E-state index in [-0.39, 0.29) is 22.5 Å². The standard InChI is InChI=1S/C22H19N3O9S/c1-3-13(2)33-20(26)12-23-21(27)19(35-22(23)28)10-14-6-4-5-7-17(14)34-18-9-8-15(24(29)30)11-16(18)25(31)32/h4-11,13H,3,12H2,1-2H3/b19-10+/t13-/m0/s1. The fourth-order valence-electron chi connectivity index (χ4n) is 2.91. The third-order valence-corrected chi connectivity index (χ3v) is 5.75. The molecule has 2 amide bonds. The Morgan fingerprint density at radius 2 is 1.83 bits per heavy atom. The minimum atomic E-state index is -0.811. The molecule has 0 unspecified atom stereocenters. The molecule has 0 spiro atoms. The Hall–Kier alpha value is -4.26. The van der Waals surface area contributed by atoms with Crippen LogP contribution < -0.4 is 4.74 Å². The van der Waals surface area contributed by atoms with Crippen molar-refractivity contribution in [3.63, 3.8) is 0 Å². The van der Waals surface area contributed by atoms with Crippen LogP contribution in [0.3, 0.4) is 0 Å². The maximum Gasteiger partial charge on any atom is 0.326 e. The zero-order valence-electron chi connectivity index (χ0n) is 18.5. The average Bonchev–Trinajstić information content (AvgIpc) is 3.07. The Morgan fingerprint density at radius 1 is 1.11 bits per heavy atom. The molecule has 1 aliphatic rings. The van der Waals surface area contributed by atoms with Crippen molar-refractivity contribution in [3.8, 4) is 11.5 Å². The zero-order chi connectivity index (χ0) is 25.7. The molecule has 1 aliphatic heterocycles. The summed E-state index contributed by atoms with van der Waals surface area (Å²) in [5, 5.41) is 21.7. The van der Waals surface area contributed by atoms with E-state index in [0.717, 1.165) is 23.1 Å². The van der Waals surface area contributed by atoms with Crippen LogP contribution in [0.5, 0.6) is 11.5 Å². The van der Waals surface area contributed by atoms with Crippen LogP contribution in [0.25, 0.3) is 6.08 Å². The Balaban J connectivity index is 1.86. The maximum atomic E-state index is 12.7. The fourth-order valence-corrected chi connectivity index (χ4v) is 3.74. The van der Waals surface area contributed by atoms with Gasteiger partial charge < -0.3 is 9.47 Å². The van der Waals surface area contributed by atoms with Gasteiger partial charge in [-0.1, -0.05) is 25.1 Å². The second-order valence-corrected chi connectivity index (χ2v) is 8.28. The van der Waals surface area contributed by atoms with Gasteiger partial charge in [-0.15, -0.1) is 0 Å². The number of nitro benzene ring substituents is 2. The first kappa shape index (κ1) is 25.4. The molecule has 182 valence electrons. The number of ether oxygens (including phenoxy) is 2. The summed E-state index contributed by atoms with van der Waals surface area (Å²) in [6, 6.07) is 9.18. The molecule has 0 bridgehead atoms. The molecule has 12 nitrogen and oxygen atoms in total. The predicted octanol–water partition coefficient (Wildman–Crippen LogP) is 4.67. The molecule has 0 radical (unpaired) electrons. The molecule has 0 aromatic heterocycles. The van der Waals surface area contributed by atoms with Crippen molar-refractivity contribution in [1.29, 1.82) is 0 Å². The van der Waals surface area contributed by atoms with Crippen LogP contribution in [0, 0.1) is 20.2 Å². The van der Waals surface area contributed by atoms with E-state index in [0.29, 0.717) is 23.7 Å². The van der Waals surface area contributed by atoms with Gasteiger partial charge in [-0.2, -0.15) is 0 Å². The Bertz CT molecular complexity index is 1240. The van der Waals surface area contributed by atoms with E-state index in [1.165, 1.54) is 12.1 Å². The lowest BCUT2D eigenvalue weighted by molar-refractivity contribution is -0.394. The molecule has 13 heteroatoms. The van der Waals surface area contributed by atoms with Gasteiger partial charge in [0.05, 0.1) is 26.9 Å². The van der Waals surface area contributed by atoms with Crippen LogP contribution >= 0.6 is 11.8 Å². The monoisotopic (exact) mass is 501 g/mol. The predicted molar refractivity (Wildman–Crippen MR) is 125 cm³/mol. The Labute approximate surface area is 202 Å². The van der Waals surface area contributed by atoms with Gasteiger partial charge in [-0.3, -0.25) is 39.5 Å². The molecule has 0 N–H and O–H groups in total. The minimum absolute atomic E-state index is 0.0144. The quantitative estimate of drug-likeness (QED) is 0.204. The Kier molecular flexibility index (Phi) is 7.81. The Morgan fingerprint density at radius 3 is 2.49 bits per heavy atom. The first-order valence-corrected chi connectivity index (χ1v) is 11.1. The summed E-state index contributed by atoms with van der Waals surface area (Å²) in [7, 11) is 0. The van der Waals surface area contributed by atoms with Crippen LogP contribution in [-0.2, 0) is 14.3 Å². The molecule has 2 aromatic rings. The van der Waals surface area contributed by atoms with Crippen molar-refractivity contribution in [1.82, 2.24) is 4.90 Å². The van der Waals surface area contributed by atoms with Crippen LogP contribution in [0.4, 0.5) is 16.2 Å². The highest BCUT2D eigenvalue weighted by molar-refractivity contribution is 8.18. The third-order valence-electron chi connectivity index (χ3n) is 4.84. The summed E-state index contributed by atoms with van der Waals surface area (Å²) >= 11 is 0.623. The largest absolute Gasteiger partial charge is 0.461 e. The summed E-state index contributed by atoms with van der Waals surface area (Å²) in [4.78, 5) is 58.6. The number of para-hydroxylation sites is 1. The first-order chi connectivity index (χ1) is 16.6. The van der Waals surface area contributed by atoms with E-state index >= 15 is 0 Å². The van der Waals surface area contributed by atoms with Crippen molar-refractivity contribution in [3.05, 3.63) is 73.2 Å². The number of hydrogen-bond acceptors (Lipinski definition) is 10. The number of thioether (sulfide) groups is 1. The number of rotatable bonds is 9. The van der Waals surface area contributed by atoms with Crippen molar-refractivity contribution >= 4 is 46.3 Å². The van der Waals surface area contributed by atoms with E-state index in [2.05, 4.69) is 0 Å². The van der Waals surface area contributed by atoms with Gasteiger partial charge in [0.1, 0.15) is 12.3 Å². The second kappa shape index (κ2) is 10.8. The minimum Gasteiger partial charge on any atom is -0.461 e. The van der Waals surface area contributed by atoms with Crippen LogP contribution in [0.15, 0.2) is 47.4 Å². The molecule has 3 rings (SSSR count). The van der Waals surface area contributed by atoms with Crippen molar-refractivity contribution < 1.29 is 33.7 Å². The van der Waals surface area contributed by atoms with Gasteiger partial charge in [0, 0.05) is 11.6 Å². The van der Waals surface area contributed by atoms with Gasteiger partial charge in [0.2, 0.25) is 5.75 Å². The second-order valence-electron chi connectivity index (χ2n) is 7.28. The molecule has 35 heavy (non-hydrogen) atoms. The molecular formula is C22H19N3O9S.